The molecule has 1 atom stereocenters. The Morgan fingerprint density at radius 2 is 1.68 bits per heavy atom. The van der Waals surface area contributed by atoms with E-state index < -0.39 is 11.6 Å². The fourth-order valence-electron chi connectivity index (χ4n) is 4.19. The maximum atomic E-state index is 13.1. The predicted octanol–water partition coefficient (Wildman–Crippen LogP) is 5.66. The van der Waals surface area contributed by atoms with Gasteiger partial charge in [-0.3, -0.25) is 0 Å². The number of aromatic hydroxyl groups is 1. The van der Waals surface area contributed by atoms with E-state index in [9.17, 15) is 9.90 Å². The number of carbonyl (C=O) groups is 1. The number of carbonyl (C=O) groups excluding carboxylic acids is 1. The molecule has 5 rings (SSSR count). The lowest BCUT2D eigenvalue weighted by Gasteiger charge is -2.36. The number of benzene rings is 3. The molecule has 1 spiro atoms. The summed E-state index contributed by atoms with van der Waals surface area (Å²) in [5.74, 6) is 0.911. The van der Waals surface area contributed by atoms with E-state index in [2.05, 4.69) is 5.32 Å². The molecule has 0 aliphatic carbocycles. The summed E-state index contributed by atoms with van der Waals surface area (Å²) in [7, 11) is 0. The molecule has 5 nitrogen and oxygen atoms in total. The van der Waals surface area contributed by atoms with Gasteiger partial charge in [0.1, 0.15) is 17.2 Å². The summed E-state index contributed by atoms with van der Waals surface area (Å²) in [4.78, 5) is 13.8. The molecule has 2 aliphatic rings. The standard InChI is InChI=1S/C25H21NO4S/c1-13(2)23(31)26-15-5-8-18-17(11-15)24(28)30-25(18)19-7-4-14(3)10-21(19)29-22-12-16(27)6-9-20(22)25/h4-13,27H,1-3H3,(H,26,31). The summed E-state index contributed by atoms with van der Waals surface area (Å²) < 4.78 is 12.2. The van der Waals surface area contributed by atoms with Crippen LogP contribution in [-0.4, -0.2) is 16.1 Å². The second-order valence-corrected chi connectivity index (χ2v) is 8.70. The molecule has 0 saturated carbocycles. The Morgan fingerprint density at radius 3 is 2.42 bits per heavy atom. The zero-order chi connectivity index (χ0) is 21.9. The summed E-state index contributed by atoms with van der Waals surface area (Å²) >= 11 is 5.40. The Balaban J connectivity index is 1.73. The van der Waals surface area contributed by atoms with Crippen molar-refractivity contribution in [2.75, 3.05) is 5.32 Å². The van der Waals surface area contributed by atoms with Crippen LogP contribution in [0.3, 0.4) is 0 Å². The van der Waals surface area contributed by atoms with Gasteiger partial charge in [0.25, 0.3) is 0 Å². The van der Waals surface area contributed by atoms with E-state index in [1.807, 2.05) is 51.1 Å². The van der Waals surface area contributed by atoms with Gasteiger partial charge in [-0.15, -0.1) is 0 Å². The molecule has 3 aromatic carbocycles. The van der Waals surface area contributed by atoms with Crippen LogP contribution < -0.4 is 10.1 Å². The Kier molecular flexibility index (Phi) is 4.31. The highest BCUT2D eigenvalue weighted by Crippen LogP contribution is 2.56. The first kappa shape index (κ1) is 19.6. The van der Waals surface area contributed by atoms with E-state index in [1.165, 1.54) is 0 Å². The van der Waals surface area contributed by atoms with Gasteiger partial charge in [-0.2, -0.15) is 0 Å². The Hall–Kier alpha value is -3.38. The topological polar surface area (TPSA) is 67.8 Å². The summed E-state index contributed by atoms with van der Waals surface area (Å²) in [5, 5.41) is 13.2. The summed E-state index contributed by atoms with van der Waals surface area (Å²) in [6.45, 7) is 6.00. The third kappa shape index (κ3) is 2.90. The minimum Gasteiger partial charge on any atom is -0.508 e. The number of esters is 1. The van der Waals surface area contributed by atoms with Gasteiger partial charge in [-0.1, -0.05) is 44.3 Å². The van der Waals surface area contributed by atoms with Crippen molar-refractivity contribution < 1.29 is 19.4 Å². The van der Waals surface area contributed by atoms with Crippen molar-refractivity contribution in [3.8, 4) is 17.2 Å². The van der Waals surface area contributed by atoms with Crippen LogP contribution in [0.1, 0.15) is 46.5 Å². The van der Waals surface area contributed by atoms with E-state index in [-0.39, 0.29) is 11.7 Å². The molecule has 31 heavy (non-hydrogen) atoms. The number of hydrogen-bond donors (Lipinski definition) is 2. The van der Waals surface area contributed by atoms with Crippen LogP contribution in [0.25, 0.3) is 0 Å². The van der Waals surface area contributed by atoms with Crippen LogP contribution in [0.4, 0.5) is 5.69 Å². The summed E-state index contributed by atoms with van der Waals surface area (Å²) in [6, 6.07) is 16.3. The first-order valence-corrected chi connectivity index (χ1v) is 10.5. The molecule has 0 aromatic heterocycles. The maximum Gasteiger partial charge on any atom is 0.340 e. The maximum absolute atomic E-state index is 13.1. The largest absolute Gasteiger partial charge is 0.508 e. The SMILES string of the molecule is Cc1ccc2c(c1)Oc1cc(O)ccc1C21OC(=O)c2cc(NC(=S)C(C)C)ccc21. The molecular formula is C25H21NO4S. The molecule has 0 radical (unpaired) electrons. The first-order chi connectivity index (χ1) is 14.8. The summed E-state index contributed by atoms with van der Waals surface area (Å²) in [6.07, 6.45) is 0. The fourth-order valence-corrected chi connectivity index (χ4v) is 4.31. The normalized spacial score (nSPS) is 18.1. The van der Waals surface area contributed by atoms with Crippen LogP contribution >= 0.6 is 12.2 Å². The lowest BCUT2D eigenvalue weighted by molar-refractivity contribution is 0.0224. The highest BCUT2D eigenvalue weighted by molar-refractivity contribution is 7.80. The number of phenols is 1. The van der Waals surface area contributed by atoms with Gasteiger partial charge in [0.15, 0.2) is 5.60 Å². The van der Waals surface area contributed by atoms with Gasteiger partial charge in [0, 0.05) is 34.4 Å². The Morgan fingerprint density at radius 1 is 1.00 bits per heavy atom. The number of ether oxygens (including phenoxy) is 2. The van der Waals surface area contributed by atoms with Crippen LogP contribution in [0, 0.1) is 12.8 Å². The second-order valence-electron chi connectivity index (χ2n) is 8.26. The number of nitrogens with one attached hydrogen (secondary N) is 1. The highest BCUT2D eigenvalue weighted by Gasteiger charge is 2.53. The number of rotatable bonds is 2. The minimum absolute atomic E-state index is 0.0799. The van der Waals surface area contributed by atoms with Crippen molar-refractivity contribution in [1.82, 2.24) is 0 Å². The number of anilines is 1. The number of hydrogen-bond acceptors (Lipinski definition) is 5. The average molecular weight is 432 g/mol. The van der Waals surface area contributed by atoms with E-state index in [4.69, 9.17) is 21.7 Å². The van der Waals surface area contributed by atoms with Crippen molar-refractivity contribution in [2.24, 2.45) is 5.92 Å². The van der Waals surface area contributed by atoms with Gasteiger partial charge in [0.05, 0.1) is 10.6 Å². The van der Waals surface area contributed by atoms with Crippen LogP contribution in [0.2, 0.25) is 0 Å². The number of aryl methyl sites for hydroxylation is 1. The van der Waals surface area contributed by atoms with E-state index in [1.54, 1.807) is 24.3 Å². The monoisotopic (exact) mass is 431 g/mol. The number of fused-ring (bicyclic) bond motifs is 6. The zero-order valence-corrected chi connectivity index (χ0v) is 18.2. The third-order valence-electron chi connectivity index (χ3n) is 5.74. The predicted molar refractivity (Wildman–Crippen MR) is 122 cm³/mol. The molecule has 156 valence electrons. The number of phenolic OH excluding ortho intramolecular Hbond substituents is 1. The molecule has 0 amide bonds. The molecular weight excluding hydrogens is 410 g/mol. The van der Waals surface area contributed by atoms with Gasteiger partial charge in [-0.25, -0.2) is 4.79 Å². The Bertz CT molecular complexity index is 1210. The van der Waals surface area contributed by atoms with Crippen molar-refractivity contribution in [3.05, 3.63) is 82.4 Å². The smallest absolute Gasteiger partial charge is 0.340 e. The lowest BCUT2D eigenvalue weighted by Crippen LogP contribution is -2.33. The second kappa shape index (κ2) is 6.82. The zero-order valence-electron chi connectivity index (χ0n) is 17.4. The molecule has 2 N–H and O–H groups in total. The quantitative estimate of drug-likeness (QED) is 0.403. The molecule has 0 bridgehead atoms. The molecule has 2 aliphatic heterocycles. The lowest BCUT2D eigenvalue weighted by atomic mass is 9.77. The van der Waals surface area contributed by atoms with Crippen molar-refractivity contribution in [1.29, 1.82) is 0 Å². The highest BCUT2D eigenvalue weighted by atomic mass is 32.1. The van der Waals surface area contributed by atoms with E-state index >= 15 is 0 Å². The van der Waals surface area contributed by atoms with E-state index in [0.717, 1.165) is 22.4 Å². The van der Waals surface area contributed by atoms with Crippen LogP contribution in [0.5, 0.6) is 17.2 Å². The Labute approximate surface area is 185 Å². The van der Waals surface area contributed by atoms with Crippen molar-refractivity contribution in [3.63, 3.8) is 0 Å². The number of thiocarbonyl (C=S) groups is 1. The van der Waals surface area contributed by atoms with Crippen LogP contribution in [-0.2, 0) is 10.3 Å². The molecule has 1 unspecified atom stereocenters. The minimum atomic E-state index is -1.15. The van der Waals surface area contributed by atoms with Gasteiger partial charge in [0.2, 0.25) is 0 Å². The molecule has 0 saturated heterocycles. The average Bonchev–Trinajstić information content (AvgIpc) is 3.00. The molecule has 6 heteroatoms. The first-order valence-electron chi connectivity index (χ1n) is 10.1. The van der Waals surface area contributed by atoms with Crippen molar-refractivity contribution in [2.45, 2.75) is 26.4 Å². The molecule has 0 fully saturated rings. The molecule has 2 heterocycles. The fraction of sp³-hybridized carbons (Fsp3) is 0.200. The van der Waals surface area contributed by atoms with Crippen molar-refractivity contribution >= 4 is 28.9 Å². The van der Waals surface area contributed by atoms with Gasteiger partial charge in [-0.05, 0) is 42.8 Å². The van der Waals surface area contributed by atoms with Crippen LogP contribution in [0.15, 0.2) is 54.6 Å². The third-order valence-corrected chi connectivity index (χ3v) is 6.31. The van der Waals surface area contributed by atoms with Gasteiger partial charge >= 0.3 is 5.97 Å². The summed E-state index contributed by atoms with van der Waals surface area (Å²) in [5.41, 5.74) is 3.25. The van der Waals surface area contributed by atoms with E-state index in [0.29, 0.717) is 27.6 Å². The van der Waals surface area contributed by atoms with Gasteiger partial charge < -0.3 is 19.9 Å². The molecule has 3 aromatic rings.